The number of nitrogens with zero attached hydrogens (tertiary/aromatic N) is 2. The van der Waals surface area contributed by atoms with Crippen molar-refractivity contribution >= 4 is 42.1 Å². The van der Waals surface area contributed by atoms with E-state index in [0.29, 0.717) is 41.4 Å². The zero-order valence-electron chi connectivity index (χ0n) is 29.0. The van der Waals surface area contributed by atoms with Gasteiger partial charge in [-0.15, -0.1) is 0 Å². The fourth-order valence-electron chi connectivity index (χ4n) is 6.54. The third kappa shape index (κ3) is 8.03. The van der Waals surface area contributed by atoms with Gasteiger partial charge >= 0.3 is 19.0 Å². The number of aryl methyl sites for hydroxylation is 2. The Morgan fingerprint density at radius 2 is 1.69 bits per heavy atom. The third-order valence-electron chi connectivity index (χ3n) is 8.73. The van der Waals surface area contributed by atoms with E-state index in [9.17, 15) is 19.2 Å². The molecule has 1 aromatic heterocycles. The average molecular weight is 704 g/mol. The molecule has 3 heterocycles. The summed E-state index contributed by atoms with van der Waals surface area (Å²) in [6.07, 6.45) is 1.68. The molecular weight excluding hydrogens is 663 g/mol. The summed E-state index contributed by atoms with van der Waals surface area (Å²) in [7, 11) is 1.48. The van der Waals surface area contributed by atoms with Crippen molar-refractivity contribution in [2.45, 2.75) is 53.0 Å². The van der Waals surface area contributed by atoms with E-state index >= 15 is 8.63 Å². The Hall–Kier alpha value is -5.73. The first-order valence-electron chi connectivity index (χ1n) is 16.5. The number of amides is 3. The Morgan fingerprint density at radius 1 is 0.980 bits per heavy atom. The largest absolute Gasteiger partial charge is 0.737 e. The van der Waals surface area contributed by atoms with Gasteiger partial charge in [0, 0.05) is 36.3 Å². The Morgan fingerprint density at radius 3 is 2.37 bits per heavy atom. The third-order valence-corrected chi connectivity index (χ3v) is 8.73. The van der Waals surface area contributed by atoms with Crippen molar-refractivity contribution in [2.75, 3.05) is 20.3 Å². The molecule has 2 aromatic carbocycles. The summed E-state index contributed by atoms with van der Waals surface area (Å²) >= 11 is 0. The van der Waals surface area contributed by atoms with Crippen LogP contribution in [-0.2, 0) is 25.6 Å². The van der Waals surface area contributed by atoms with Crippen LogP contribution in [0.15, 0.2) is 78.0 Å². The molecule has 1 atom stereocenters. The lowest BCUT2D eigenvalue weighted by Gasteiger charge is -2.34. The molecule has 0 spiro atoms. The molecule has 5 rings (SSSR count). The van der Waals surface area contributed by atoms with E-state index in [0.717, 1.165) is 31.2 Å². The van der Waals surface area contributed by atoms with Crippen LogP contribution >= 0.6 is 0 Å². The quantitative estimate of drug-likeness (QED) is 0.142. The molecule has 0 saturated carbocycles. The lowest BCUT2D eigenvalue weighted by molar-refractivity contribution is -0.363. The van der Waals surface area contributed by atoms with Crippen molar-refractivity contribution in [1.29, 1.82) is 0 Å². The predicted molar refractivity (Wildman–Crippen MR) is 186 cm³/mol. The SMILES string of the molecule is COc1ccc(C(=O)ONC(=O)CNC(=O)[C@@H](Cc2ccccc2)NC(=O)OCCCC2=C3C(C)=CC(C)=[N+]3[B-](F)(F)n3c(C)cc(C)c32)cc1. The van der Waals surface area contributed by atoms with Crippen molar-refractivity contribution in [3.05, 3.63) is 106 Å². The first kappa shape index (κ1) is 36.6. The highest BCUT2D eigenvalue weighted by atomic mass is 19.2. The molecule has 268 valence electrons. The lowest BCUT2D eigenvalue weighted by Crippen LogP contribution is -2.51. The highest BCUT2D eigenvalue weighted by molar-refractivity contribution is 6.58. The number of allylic oxidation sites excluding steroid dienone is 3. The highest BCUT2D eigenvalue weighted by Gasteiger charge is 2.54. The number of hydrogen-bond acceptors (Lipinski definition) is 7. The van der Waals surface area contributed by atoms with Gasteiger partial charge in [-0.05, 0) is 80.8 Å². The van der Waals surface area contributed by atoms with Crippen molar-refractivity contribution in [1.82, 2.24) is 20.6 Å². The Labute approximate surface area is 294 Å². The number of rotatable bonds is 12. The second-order valence-corrected chi connectivity index (χ2v) is 12.4. The maximum absolute atomic E-state index is 15.8. The molecular formula is C36H40BF2N5O7. The molecule has 0 aliphatic carbocycles. The Balaban J connectivity index is 1.17. The van der Waals surface area contributed by atoms with Gasteiger partial charge in [-0.2, -0.15) is 5.48 Å². The van der Waals surface area contributed by atoms with Gasteiger partial charge in [0.05, 0.1) is 25.8 Å². The Bertz CT molecular complexity index is 1940. The van der Waals surface area contributed by atoms with Gasteiger partial charge in [0.25, 0.3) is 5.91 Å². The zero-order chi connectivity index (χ0) is 36.9. The van der Waals surface area contributed by atoms with E-state index in [1.165, 1.54) is 19.2 Å². The molecule has 3 amide bonds. The van der Waals surface area contributed by atoms with Gasteiger partial charge in [0.15, 0.2) is 5.70 Å². The van der Waals surface area contributed by atoms with Gasteiger partial charge in [0.1, 0.15) is 17.5 Å². The minimum Gasteiger partial charge on any atom is -0.497 e. The summed E-state index contributed by atoms with van der Waals surface area (Å²) in [5, 5.41) is 5.00. The topological polar surface area (TPSA) is 140 Å². The first-order valence-corrected chi connectivity index (χ1v) is 16.5. The van der Waals surface area contributed by atoms with Crippen molar-refractivity contribution in [3.8, 4) is 5.75 Å². The number of hydroxylamine groups is 1. The van der Waals surface area contributed by atoms with Gasteiger partial charge in [0.2, 0.25) is 5.91 Å². The monoisotopic (exact) mass is 703 g/mol. The van der Waals surface area contributed by atoms with Gasteiger partial charge in [-0.25, -0.2) is 9.59 Å². The number of alkyl carbamates (subject to hydrolysis) is 1. The average Bonchev–Trinajstić information content (AvgIpc) is 3.59. The van der Waals surface area contributed by atoms with E-state index in [1.807, 2.05) is 25.4 Å². The van der Waals surface area contributed by atoms with Crippen LogP contribution < -0.4 is 20.9 Å². The van der Waals surface area contributed by atoms with Gasteiger partial charge in [-0.1, -0.05) is 30.3 Å². The summed E-state index contributed by atoms with van der Waals surface area (Å²) < 4.78 is 44.4. The molecule has 0 fully saturated rings. The molecule has 2 aliphatic rings. The molecule has 0 unspecified atom stereocenters. The summed E-state index contributed by atoms with van der Waals surface area (Å²) in [6.45, 7) is 2.29. The Kier molecular flexibility index (Phi) is 11.1. The molecule has 0 radical (unpaired) electrons. The second kappa shape index (κ2) is 15.4. The van der Waals surface area contributed by atoms with Gasteiger partial charge in [-0.3, -0.25) is 9.59 Å². The minimum atomic E-state index is -4.08. The van der Waals surface area contributed by atoms with E-state index in [4.69, 9.17) is 14.3 Å². The highest BCUT2D eigenvalue weighted by Crippen LogP contribution is 2.43. The molecule has 15 heteroatoms. The van der Waals surface area contributed by atoms with E-state index < -0.39 is 43.4 Å². The molecule has 0 bridgehead atoms. The maximum Gasteiger partial charge on any atom is 0.737 e. The van der Waals surface area contributed by atoms with Crippen LogP contribution in [0.1, 0.15) is 59.6 Å². The number of fused-ring (bicyclic) bond motifs is 2. The molecule has 2 aliphatic heterocycles. The zero-order valence-corrected chi connectivity index (χ0v) is 29.0. The van der Waals surface area contributed by atoms with Crippen molar-refractivity contribution < 1.29 is 46.6 Å². The van der Waals surface area contributed by atoms with Crippen molar-refractivity contribution in [2.24, 2.45) is 0 Å². The molecule has 0 saturated heterocycles. The maximum atomic E-state index is 15.8. The first-order chi connectivity index (χ1) is 24.3. The van der Waals surface area contributed by atoms with Crippen LogP contribution in [0.4, 0.5) is 13.4 Å². The summed E-state index contributed by atoms with van der Waals surface area (Å²) in [4.78, 5) is 55.5. The molecule has 51 heavy (non-hydrogen) atoms. The smallest absolute Gasteiger partial charge is 0.497 e. The second-order valence-electron chi connectivity index (χ2n) is 12.4. The molecule has 12 nitrogen and oxygen atoms in total. The number of ether oxygens (including phenoxy) is 2. The van der Waals surface area contributed by atoms with Crippen LogP contribution in [0.5, 0.6) is 5.75 Å². The molecule has 3 N–H and O–H groups in total. The number of aromatic nitrogens is 1. The fraction of sp³-hybridized carbons (Fsp3) is 0.306. The number of hydrogen-bond donors (Lipinski definition) is 3. The number of carbonyl (C=O) groups excluding carboxylic acids is 4. The fourth-order valence-corrected chi connectivity index (χ4v) is 6.54. The van der Waals surface area contributed by atoms with E-state index in [-0.39, 0.29) is 18.6 Å². The predicted octanol–water partition coefficient (Wildman–Crippen LogP) is 4.62. The standard InChI is InChI=1S/C36H40BF2N5O7/c1-22-18-24(3)43-32(22)29(33-23(2)19-25(4)44(33)37(43,38)39)12-9-17-50-36(48)41-30(20-26-10-7-6-8-11-26)34(46)40-21-31(45)42-51-35(47)27-13-15-28(49-5)16-14-27/h6-8,10-11,13-16,18-19,30H,9,12,17,20-21H2,1-5H3,(H,40,46)(H,41,48)(H,42,45)/t30-/m1/s1. The normalized spacial score (nSPS) is 14.9. The summed E-state index contributed by atoms with van der Waals surface area (Å²) in [5.74, 6) is -1.76. The van der Waals surface area contributed by atoms with Crippen LogP contribution in [0.2, 0.25) is 0 Å². The summed E-state index contributed by atoms with van der Waals surface area (Å²) in [6, 6.07) is 15.6. The van der Waals surface area contributed by atoms with Crippen LogP contribution in [0.25, 0.3) is 5.57 Å². The van der Waals surface area contributed by atoms with Crippen LogP contribution in [0, 0.1) is 13.8 Å². The minimum absolute atomic E-state index is 0.0456. The number of halogens is 2. The van der Waals surface area contributed by atoms with E-state index in [1.54, 1.807) is 62.4 Å². The number of benzene rings is 2. The van der Waals surface area contributed by atoms with Gasteiger partial charge < -0.3 is 42.5 Å². The molecule has 3 aromatic rings. The van der Waals surface area contributed by atoms with Crippen LogP contribution in [0.3, 0.4) is 0 Å². The number of nitrogens with one attached hydrogen (secondary N) is 3. The van der Waals surface area contributed by atoms with E-state index in [2.05, 4.69) is 10.6 Å². The lowest BCUT2D eigenvalue weighted by atomic mass is 9.85. The summed E-state index contributed by atoms with van der Waals surface area (Å²) in [5.41, 5.74) is 7.03. The van der Waals surface area contributed by atoms with Crippen LogP contribution in [-0.4, -0.2) is 71.8 Å². The number of carbonyl (C=O) groups is 4. The number of methoxy groups -OCH3 is 1. The van der Waals surface area contributed by atoms with Crippen molar-refractivity contribution in [3.63, 3.8) is 0 Å².